The molecule has 0 saturated carbocycles. The largest absolute Gasteiger partial charge is 0.342 e. The van der Waals surface area contributed by atoms with Gasteiger partial charge in [-0.2, -0.15) is 0 Å². The molecule has 2 aromatic carbocycles. The number of nitrogens with zero attached hydrogens (tertiary/aromatic N) is 4. The fourth-order valence-electron chi connectivity index (χ4n) is 3.71. The predicted molar refractivity (Wildman–Crippen MR) is 117 cm³/mol. The molecule has 0 unspecified atom stereocenters. The number of carbonyl (C=O) groups is 1. The summed E-state index contributed by atoms with van der Waals surface area (Å²) >= 11 is 1.40. The zero-order chi connectivity index (χ0) is 20.9. The Balaban J connectivity index is 1.60. The molecule has 1 aliphatic heterocycles. The van der Waals surface area contributed by atoms with Gasteiger partial charge < -0.3 is 9.47 Å². The number of rotatable bonds is 7. The number of aryl methyl sites for hydroxylation is 1. The van der Waals surface area contributed by atoms with Gasteiger partial charge in [-0.15, -0.1) is 10.2 Å². The van der Waals surface area contributed by atoms with E-state index in [1.54, 1.807) is 18.2 Å². The van der Waals surface area contributed by atoms with Crippen molar-refractivity contribution in [2.45, 2.75) is 43.1 Å². The second-order valence-electron chi connectivity index (χ2n) is 7.47. The number of aromatic nitrogens is 3. The van der Waals surface area contributed by atoms with E-state index in [4.69, 9.17) is 0 Å². The molecule has 1 amide bonds. The molecule has 30 heavy (non-hydrogen) atoms. The van der Waals surface area contributed by atoms with Crippen LogP contribution in [0.5, 0.6) is 0 Å². The fourth-order valence-corrected chi connectivity index (χ4v) is 4.67. The second-order valence-corrected chi connectivity index (χ2v) is 8.77. The Morgan fingerprint density at radius 2 is 1.77 bits per heavy atom. The number of amides is 1. The molecule has 5 nitrogen and oxygen atoms in total. The van der Waals surface area contributed by atoms with E-state index in [1.165, 1.54) is 23.4 Å². The third kappa shape index (κ3) is 4.56. The van der Waals surface area contributed by atoms with Gasteiger partial charge in [0.2, 0.25) is 5.91 Å². The van der Waals surface area contributed by atoms with Crippen molar-refractivity contribution in [1.29, 1.82) is 0 Å². The molecule has 1 aliphatic rings. The van der Waals surface area contributed by atoms with Gasteiger partial charge >= 0.3 is 0 Å². The lowest BCUT2D eigenvalue weighted by molar-refractivity contribution is -0.129. The third-order valence-electron chi connectivity index (χ3n) is 5.35. The first-order chi connectivity index (χ1) is 14.6. The van der Waals surface area contributed by atoms with Gasteiger partial charge in [0.1, 0.15) is 5.82 Å². The van der Waals surface area contributed by atoms with Crippen LogP contribution in [0, 0.1) is 5.82 Å². The molecule has 0 bridgehead atoms. The maximum atomic E-state index is 14.5. The van der Waals surface area contributed by atoms with E-state index in [0.717, 1.165) is 32.4 Å². The topological polar surface area (TPSA) is 51.0 Å². The fraction of sp³-hybridized carbons (Fsp3) is 0.348. The van der Waals surface area contributed by atoms with Crippen molar-refractivity contribution in [3.63, 3.8) is 0 Å². The highest BCUT2D eigenvalue weighted by Gasteiger charge is 2.26. The minimum atomic E-state index is -0.330. The number of thioether (sulfide) groups is 1. The highest BCUT2D eigenvalue weighted by molar-refractivity contribution is 8.00. The van der Waals surface area contributed by atoms with Crippen molar-refractivity contribution in [2.24, 2.45) is 0 Å². The van der Waals surface area contributed by atoms with Gasteiger partial charge in [-0.3, -0.25) is 4.79 Å². The molecule has 2 heterocycles. The summed E-state index contributed by atoms with van der Waals surface area (Å²) in [6.45, 7) is 4.16. The summed E-state index contributed by atoms with van der Waals surface area (Å²) in [6.07, 6.45) is 2.89. The summed E-state index contributed by atoms with van der Waals surface area (Å²) in [5.74, 6) is 0.290. The second kappa shape index (κ2) is 9.43. The van der Waals surface area contributed by atoms with E-state index in [9.17, 15) is 9.18 Å². The Hall–Kier alpha value is -2.67. The Labute approximate surface area is 180 Å². The quantitative estimate of drug-likeness (QED) is 0.527. The first-order valence-electron chi connectivity index (χ1n) is 10.3. The molecule has 1 aromatic heterocycles. The maximum absolute atomic E-state index is 14.5. The lowest BCUT2D eigenvalue weighted by atomic mass is 10.1. The summed E-state index contributed by atoms with van der Waals surface area (Å²) in [5, 5.41) is 9.01. The summed E-state index contributed by atoms with van der Waals surface area (Å²) < 4.78 is 16.4. The molecule has 1 atom stereocenters. The van der Waals surface area contributed by atoms with Gasteiger partial charge in [-0.1, -0.05) is 54.2 Å². The normalized spacial score (nSPS) is 14.8. The SMILES string of the molecule is C[C@@H](Sc1nnc(-c2ccccc2F)n1CCc1ccccc1)C(=O)N1CCCC1. The number of halogens is 1. The molecule has 1 saturated heterocycles. The van der Waals surface area contributed by atoms with Crippen LogP contribution in [-0.4, -0.2) is 43.9 Å². The Bertz CT molecular complexity index is 1000. The first kappa shape index (κ1) is 20.6. The van der Waals surface area contributed by atoms with Gasteiger partial charge in [0.15, 0.2) is 11.0 Å². The van der Waals surface area contributed by atoms with Crippen LogP contribution < -0.4 is 0 Å². The smallest absolute Gasteiger partial charge is 0.235 e. The molecular formula is C23H25FN4OS. The van der Waals surface area contributed by atoms with Crippen LogP contribution in [0.2, 0.25) is 0 Å². The molecule has 3 aromatic rings. The molecule has 4 rings (SSSR count). The van der Waals surface area contributed by atoms with Crippen LogP contribution in [0.15, 0.2) is 59.8 Å². The lowest BCUT2D eigenvalue weighted by Gasteiger charge is -2.20. The van der Waals surface area contributed by atoms with E-state index in [-0.39, 0.29) is 17.0 Å². The van der Waals surface area contributed by atoms with Crippen molar-refractivity contribution < 1.29 is 9.18 Å². The van der Waals surface area contributed by atoms with E-state index in [1.807, 2.05) is 34.6 Å². The van der Waals surface area contributed by atoms with Gasteiger partial charge in [-0.05, 0) is 43.9 Å². The van der Waals surface area contributed by atoms with Gasteiger partial charge in [0, 0.05) is 19.6 Å². The van der Waals surface area contributed by atoms with Gasteiger partial charge in [-0.25, -0.2) is 4.39 Å². The zero-order valence-corrected chi connectivity index (χ0v) is 17.8. The summed E-state index contributed by atoms with van der Waals surface area (Å²) in [5.41, 5.74) is 1.60. The van der Waals surface area contributed by atoms with Crippen LogP contribution in [-0.2, 0) is 17.8 Å². The number of hydrogen-bond acceptors (Lipinski definition) is 4. The first-order valence-corrected chi connectivity index (χ1v) is 11.2. The van der Waals surface area contributed by atoms with E-state index in [0.29, 0.717) is 23.1 Å². The van der Waals surface area contributed by atoms with Gasteiger partial charge in [0.25, 0.3) is 0 Å². The van der Waals surface area contributed by atoms with Crippen LogP contribution >= 0.6 is 11.8 Å². The van der Waals surface area contributed by atoms with Crippen molar-refractivity contribution in [3.05, 3.63) is 66.0 Å². The van der Waals surface area contributed by atoms with Crippen LogP contribution in [0.25, 0.3) is 11.4 Å². The van der Waals surface area contributed by atoms with Crippen molar-refractivity contribution >= 4 is 17.7 Å². The number of likely N-dealkylation sites (tertiary alicyclic amines) is 1. The average Bonchev–Trinajstić information content (AvgIpc) is 3.43. The monoisotopic (exact) mass is 424 g/mol. The molecule has 7 heteroatoms. The van der Waals surface area contributed by atoms with Crippen molar-refractivity contribution in [2.75, 3.05) is 13.1 Å². The number of hydrogen-bond donors (Lipinski definition) is 0. The summed E-state index contributed by atoms with van der Waals surface area (Å²) in [7, 11) is 0. The molecule has 0 spiro atoms. The molecule has 0 N–H and O–H groups in total. The average molecular weight is 425 g/mol. The molecule has 156 valence electrons. The van der Waals surface area contributed by atoms with Crippen LogP contribution in [0.3, 0.4) is 0 Å². The highest BCUT2D eigenvalue weighted by atomic mass is 32.2. The van der Waals surface area contributed by atoms with Crippen LogP contribution in [0.1, 0.15) is 25.3 Å². The predicted octanol–water partition coefficient (Wildman–Crippen LogP) is 4.43. The Kier molecular flexibility index (Phi) is 6.47. The highest BCUT2D eigenvalue weighted by Crippen LogP contribution is 2.29. The van der Waals surface area contributed by atoms with Gasteiger partial charge in [0.05, 0.1) is 10.8 Å². The minimum absolute atomic E-state index is 0.127. The third-order valence-corrected chi connectivity index (χ3v) is 6.41. The molecule has 1 fully saturated rings. The number of carbonyl (C=O) groups excluding carboxylic acids is 1. The molecular weight excluding hydrogens is 399 g/mol. The van der Waals surface area contributed by atoms with Crippen LogP contribution in [0.4, 0.5) is 4.39 Å². The minimum Gasteiger partial charge on any atom is -0.342 e. The molecule has 0 aliphatic carbocycles. The van der Waals surface area contributed by atoms with Crippen molar-refractivity contribution in [3.8, 4) is 11.4 Å². The summed E-state index contributed by atoms with van der Waals surface area (Å²) in [6, 6.07) is 16.7. The Morgan fingerprint density at radius 1 is 1.07 bits per heavy atom. The van der Waals surface area contributed by atoms with E-state index >= 15 is 0 Å². The van der Waals surface area contributed by atoms with E-state index in [2.05, 4.69) is 22.3 Å². The van der Waals surface area contributed by atoms with Crippen molar-refractivity contribution in [1.82, 2.24) is 19.7 Å². The summed E-state index contributed by atoms with van der Waals surface area (Å²) in [4.78, 5) is 14.7. The van der Waals surface area contributed by atoms with E-state index < -0.39 is 0 Å². The lowest BCUT2D eigenvalue weighted by Crippen LogP contribution is -2.34. The zero-order valence-electron chi connectivity index (χ0n) is 17.0. The number of benzene rings is 2. The molecule has 0 radical (unpaired) electrons. The maximum Gasteiger partial charge on any atom is 0.235 e. The Morgan fingerprint density at radius 3 is 2.50 bits per heavy atom. The standard InChI is InChI=1S/C23H25FN4OS/c1-17(22(29)27-14-7-8-15-27)30-23-26-25-21(19-11-5-6-12-20(19)24)28(23)16-13-18-9-3-2-4-10-18/h2-6,9-12,17H,7-8,13-16H2,1H3/t17-/m1/s1.